The second-order valence-corrected chi connectivity index (χ2v) is 21.1. The van der Waals surface area contributed by atoms with E-state index in [0.29, 0.717) is 17.0 Å². The van der Waals surface area contributed by atoms with Gasteiger partial charge in [0, 0.05) is 40.8 Å². The molecule has 3 heterocycles. The Kier molecular flexibility index (Phi) is 11.6. The van der Waals surface area contributed by atoms with Gasteiger partial charge in [-0.15, -0.1) is 0 Å². The van der Waals surface area contributed by atoms with E-state index in [2.05, 4.69) is 32.3 Å². The number of halogens is 11. The number of fused-ring (bicyclic) bond motifs is 4. The Balaban J connectivity index is 1.45. The number of carbonyl (C=O) groups is 1. The van der Waals surface area contributed by atoms with Gasteiger partial charge >= 0.3 is 12.4 Å². The number of nitrogens with one attached hydrogen (secondary N) is 2. The number of aromatic nitrogens is 5. The number of hydrogen-bond acceptors (Lipinski definition) is 8. The largest absolute Gasteiger partial charge is 0.435 e. The van der Waals surface area contributed by atoms with E-state index < -0.39 is 132 Å². The molecule has 4 atom stereocenters. The molecule has 2 aliphatic rings. The van der Waals surface area contributed by atoms with Crippen molar-refractivity contribution in [2.45, 2.75) is 75.3 Å². The van der Waals surface area contributed by atoms with E-state index in [-0.39, 0.29) is 43.2 Å². The van der Waals surface area contributed by atoms with Gasteiger partial charge in [0.05, 0.1) is 33.9 Å². The maximum absolute atomic E-state index is 15.7. The Hall–Kier alpha value is -5.41. The SMILES string of the molecule is CC1C2c3c(C(F)(F)F)nn(CC(=O)N[C@@H](Cc4cc(F)cc(F)c4)c4nc(C#CC(C)(C)S(C)(=O)=O)ccc4-c4ccc(Cl)c5c(NS(C)(=O)=O)nn(CC(F)(F)F)c45)c3C(F)(F)C12. The van der Waals surface area contributed by atoms with E-state index in [1.807, 2.05) is 4.72 Å². The van der Waals surface area contributed by atoms with Crippen molar-refractivity contribution in [3.8, 4) is 23.0 Å². The number of benzene rings is 2. The first-order chi connectivity index (χ1) is 29.8. The van der Waals surface area contributed by atoms with E-state index in [0.717, 1.165) is 24.5 Å². The van der Waals surface area contributed by atoms with Crippen LogP contribution in [-0.4, -0.2) is 70.7 Å². The summed E-state index contributed by atoms with van der Waals surface area (Å²) < 4.78 is 196. The van der Waals surface area contributed by atoms with Gasteiger partial charge in [0.2, 0.25) is 15.9 Å². The van der Waals surface area contributed by atoms with Gasteiger partial charge in [-0.05, 0) is 68.0 Å². The predicted octanol–water partition coefficient (Wildman–Crippen LogP) is 7.91. The Bertz CT molecular complexity index is 3070. The molecular formula is C40H34ClF10N7O5S2. The van der Waals surface area contributed by atoms with Gasteiger partial charge in [-0.3, -0.25) is 18.9 Å². The normalized spacial score (nSPS) is 18.7. The number of amides is 1. The number of pyridine rings is 1. The number of sulfone groups is 1. The molecule has 2 aromatic carbocycles. The lowest BCUT2D eigenvalue weighted by Crippen LogP contribution is -2.35. The van der Waals surface area contributed by atoms with Crippen LogP contribution in [0, 0.1) is 35.3 Å². The minimum atomic E-state index is -5.20. The molecule has 0 bridgehead atoms. The monoisotopic (exact) mass is 981 g/mol. The average Bonchev–Trinajstić information content (AvgIpc) is 3.36. The maximum atomic E-state index is 15.7. The molecule has 1 amide bonds. The summed E-state index contributed by atoms with van der Waals surface area (Å²) >= 11 is 6.46. The molecule has 0 spiro atoms. The summed E-state index contributed by atoms with van der Waals surface area (Å²) in [6, 6.07) is 5.24. The van der Waals surface area contributed by atoms with Gasteiger partial charge < -0.3 is 5.32 Å². The molecule has 0 radical (unpaired) electrons. The summed E-state index contributed by atoms with van der Waals surface area (Å²) in [5.41, 5.74) is -5.18. The van der Waals surface area contributed by atoms with Crippen molar-refractivity contribution in [2.75, 3.05) is 17.2 Å². The summed E-state index contributed by atoms with van der Waals surface area (Å²) in [6.07, 6.45) is -9.23. The van der Waals surface area contributed by atoms with Crippen molar-refractivity contribution in [1.82, 2.24) is 29.9 Å². The van der Waals surface area contributed by atoms with E-state index in [1.54, 1.807) is 0 Å². The van der Waals surface area contributed by atoms with Gasteiger partial charge in [0.1, 0.15) is 40.9 Å². The number of hydrogen-bond donors (Lipinski definition) is 2. The molecule has 1 fully saturated rings. The first-order valence-electron chi connectivity index (χ1n) is 19.1. The standard InChI is InChI=1S/C40H34ClF10N7O5S2/c1-18-28-30-34(40(49,50)51)54-57(35(30)39(47,48)31(18)28)16-27(59)53-26(14-19-12-20(42)15-21(43)13-19)32-23(7-6-22(52-32)10-11-37(2,3)64(4,60)61)24-8-9-25(41)29-33(24)58(17-38(44,45)46)55-36(29)56-65(5,62)63/h6-9,12-13,15,18,26,28,31H,14,16-17H2,1-5H3,(H,53,59)(H,55,56)/t18?,26-,28?,31?/m0/s1. The van der Waals surface area contributed by atoms with Crippen molar-refractivity contribution in [3.63, 3.8) is 0 Å². The fourth-order valence-corrected chi connectivity index (χ4v) is 8.99. The molecule has 3 unspecified atom stereocenters. The van der Waals surface area contributed by atoms with Crippen LogP contribution >= 0.6 is 11.6 Å². The molecule has 25 heteroatoms. The van der Waals surface area contributed by atoms with Crippen molar-refractivity contribution in [1.29, 1.82) is 0 Å². The third-order valence-electron chi connectivity index (χ3n) is 11.1. The van der Waals surface area contributed by atoms with E-state index in [9.17, 15) is 56.8 Å². The summed E-state index contributed by atoms with van der Waals surface area (Å²) in [6.45, 7) is 0.804. The molecule has 2 aliphatic carbocycles. The smallest absolute Gasteiger partial charge is 0.346 e. The number of anilines is 1. The molecular weight excluding hydrogens is 948 g/mol. The Morgan fingerprint density at radius 2 is 1.57 bits per heavy atom. The van der Waals surface area contributed by atoms with Gasteiger partial charge in [-0.1, -0.05) is 30.5 Å². The minimum Gasteiger partial charge on any atom is -0.346 e. The van der Waals surface area contributed by atoms with E-state index in [1.165, 1.54) is 39.0 Å². The zero-order valence-corrected chi connectivity index (χ0v) is 36.6. The van der Waals surface area contributed by atoms with Crippen molar-refractivity contribution < 1.29 is 65.5 Å². The van der Waals surface area contributed by atoms with Crippen molar-refractivity contribution >= 4 is 54.1 Å². The van der Waals surface area contributed by atoms with Crippen LogP contribution in [0.25, 0.3) is 22.0 Å². The van der Waals surface area contributed by atoms with Crippen LogP contribution < -0.4 is 10.0 Å². The van der Waals surface area contributed by atoms with Crippen LogP contribution in [0.2, 0.25) is 5.02 Å². The van der Waals surface area contributed by atoms with Gasteiger partial charge in [0.25, 0.3) is 5.92 Å². The number of rotatable bonds is 11. The van der Waals surface area contributed by atoms with E-state index >= 15 is 8.78 Å². The summed E-state index contributed by atoms with van der Waals surface area (Å²) in [4.78, 5) is 18.6. The second kappa shape index (κ2) is 15.9. The van der Waals surface area contributed by atoms with Gasteiger partial charge in [-0.2, -0.15) is 45.3 Å². The molecule has 7 rings (SSSR count). The fourth-order valence-electron chi connectivity index (χ4n) is 8.02. The highest BCUT2D eigenvalue weighted by molar-refractivity contribution is 7.92. The summed E-state index contributed by atoms with van der Waals surface area (Å²) in [5.74, 6) is -6.34. The minimum absolute atomic E-state index is 0.196. The Morgan fingerprint density at radius 3 is 2.15 bits per heavy atom. The van der Waals surface area contributed by atoms with E-state index in [4.69, 9.17) is 11.6 Å². The zero-order valence-electron chi connectivity index (χ0n) is 34.2. The molecule has 2 N–H and O–H groups in total. The summed E-state index contributed by atoms with van der Waals surface area (Å²) in [7, 11) is -8.07. The fraction of sp³-hybridized carbons (Fsp3) is 0.400. The van der Waals surface area contributed by atoms with Crippen LogP contribution in [0.3, 0.4) is 0 Å². The highest BCUT2D eigenvalue weighted by atomic mass is 35.5. The molecule has 65 heavy (non-hydrogen) atoms. The first kappa shape index (κ1) is 47.5. The van der Waals surface area contributed by atoms with Crippen LogP contribution in [0.5, 0.6) is 0 Å². The molecule has 12 nitrogen and oxygen atoms in total. The number of alkyl halides is 8. The Labute approximate surface area is 368 Å². The first-order valence-corrected chi connectivity index (χ1v) is 23.2. The highest BCUT2D eigenvalue weighted by Gasteiger charge is 2.72. The summed E-state index contributed by atoms with van der Waals surface area (Å²) in [5, 5.41) is 9.06. The van der Waals surface area contributed by atoms with Crippen LogP contribution in [0.1, 0.15) is 66.6 Å². The third kappa shape index (κ3) is 9.36. The van der Waals surface area contributed by atoms with Crippen molar-refractivity contribution in [3.05, 3.63) is 93.0 Å². The number of carbonyl (C=O) groups excluding carboxylic acids is 1. The number of sulfonamides is 1. The predicted molar refractivity (Wildman–Crippen MR) is 216 cm³/mol. The number of nitrogens with zero attached hydrogens (tertiary/aromatic N) is 5. The van der Waals surface area contributed by atoms with Crippen LogP contribution in [0.4, 0.5) is 49.7 Å². The molecule has 3 aromatic heterocycles. The average molecular weight is 982 g/mol. The van der Waals surface area contributed by atoms with Gasteiger partial charge in [-0.25, -0.2) is 30.6 Å². The van der Waals surface area contributed by atoms with Gasteiger partial charge in [0.15, 0.2) is 21.3 Å². The Morgan fingerprint density at radius 1 is 0.938 bits per heavy atom. The van der Waals surface area contributed by atoms with Crippen LogP contribution in [0.15, 0.2) is 42.5 Å². The molecule has 348 valence electrons. The quantitative estimate of drug-likeness (QED) is 0.0999. The van der Waals surface area contributed by atoms with Crippen LogP contribution in [-0.2, 0) is 56.3 Å². The second-order valence-electron chi connectivity index (χ2n) is 16.4. The lowest BCUT2D eigenvalue weighted by molar-refractivity contribution is -0.143. The van der Waals surface area contributed by atoms with Crippen molar-refractivity contribution in [2.24, 2.45) is 11.8 Å². The third-order valence-corrected chi connectivity index (χ3v) is 13.9. The maximum Gasteiger partial charge on any atom is 0.435 e. The highest BCUT2D eigenvalue weighted by Crippen LogP contribution is 2.71. The molecule has 5 aromatic rings. The zero-order chi connectivity index (χ0) is 48.1. The molecule has 0 saturated heterocycles. The topological polar surface area (TPSA) is 158 Å². The molecule has 0 aliphatic heterocycles. The lowest BCUT2D eigenvalue weighted by atomic mass is 9.93. The lowest BCUT2D eigenvalue weighted by Gasteiger charge is -2.23. The molecule has 1 saturated carbocycles.